The van der Waals surface area contributed by atoms with Crippen LogP contribution in [0.15, 0.2) is 24.3 Å². The van der Waals surface area contributed by atoms with Crippen LogP contribution in [0.25, 0.3) is 10.6 Å². The number of anilines is 1. The molecule has 0 radical (unpaired) electrons. The molecule has 0 spiro atoms. The van der Waals surface area contributed by atoms with Gasteiger partial charge in [-0.1, -0.05) is 18.3 Å². The molecule has 0 aliphatic heterocycles. The topological polar surface area (TPSA) is 55.3 Å². The zero-order valence-electron chi connectivity index (χ0n) is 11.8. The second-order valence-corrected chi connectivity index (χ2v) is 5.07. The van der Waals surface area contributed by atoms with Gasteiger partial charge in [0.1, 0.15) is 10.8 Å². The van der Waals surface area contributed by atoms with Gasteiger partial charge in [0.15, 0.2) is 0 Å². The summed E-state index contributed by atoms with van der Waals surface area (Å²) in [6.45, 7) is 4.38. The Labute approximate surface area is 122 Å². The van der Waals surface area contributed by atoms with Gasteiger partial charge >= 0.3 is 0 Å². The fraction of sp³-hybridized carbons (Fsp3) is 0.357. The highest BCUT2D eigenvalue weighted by molar-refractivity contribution is 7.18. The molecule has 0 aliphatic carbocycles. The highest BCUT2D eigenvalue weighted by Crippen LogP contribution is 2.29. The van der Waals surface area contributed by atoms with Crippen molar-refractivity contribution in [3.05, 3.63) is 24.3 Å². The molecule has 0 atom stereocenters. The number of rotatable bonds is 5. The van der Waals surface area contributed by atoms with Gasteiger partial charge in [-0.2, -0.15) is 0 Å². The maximum atomic E-state index is 11.8. The minimum Gasteiger partial charge on any atom is -0.497 e. The first-order chi connectivity index (χ1) is 9.69. The molecule has 2 rings (SSSR count). The third-order valence-corrected chi connectivity index (χ3v) is 3.90. The third kappa shape index (κ3) is 2.96. The molecule has 0 N–H and O–H groups in total. The SMILES string of the molecule is CCC(=O)N(CC)c1nnc(-c2ccc(OC)cc2)s1. The van der Waals surface area contributed by atoms with E-state index in [0.29, 0.717) is 18.1 Å². The number of amides is 1. The summed E-state index contributed by atoms with van der Waals surface area (Å²) >= 11 is 1.42. The largest absolute Gasteiger partial charge is 0.497 e. The molecule has 0 unspecified atom stereocenters. The quantitative estimate of drug-likeness (QED) is 0.850. The second kappa shape index (κ2) is 6.47. The molecular weight excluding hydrogens is 274 g/mol. The first-order valence-electron chi connectivity index (χ1n) is 6.47. The zero-order valence-corrected chi connectivity index (χ0v) is 12.6. The van der Waals surface area contributed by atoms with Crippen molar-refractivity contribution in [3.8, 4) is 16.3 Å². The molecule has 2 aromatic rings. The zero-order chi connectivity index (χ0) is 14.5. The van der Waals surface area contributed by atoms with Gasteiger partial charge in [0, 0.05) is 18.5 Å². The van der Waals surface area contributed by atoms with E-state index in [2.05, 4.69) is 10.2 Å². The van der Waals surface area contributed by atoms with E-state index in [4.69, 9.17) is 4.74 Å². The normalized spacial score (nSPS) is 10.3. The monoisotopic (exact) mass is 291 g/mol. The van der Waals surface area contributed by atoms with E-state index >= 15 is 0 Å². The van der Waals surface area contributed by atoms with Crippen molar-refractivity contribution >= 4 is 22.4 Å². The summed E-state index contributed by atoms with van der Waals surface area (Å²) in [7, 11) is 1.63. The minimum absolute atomic E-state index is 0.0601. The highest BCUT2D eigenvalue weighted by Gasteiger charge is 2.17. The third-order valence-electron chi connectivity index (χ3n) is 2.90. The van der Waals surface area contributed by atoms with Gasteiger partial charge in [-0.3, -0.25) is 9.69 Å². The predicted octanol–water partition coefficient (Wildman–Crippen LogP) is 2.98. The highest BCUT2D eigenvalue weighted by atomic mass is 32.1. The van der Waals surface area contributed by atoms with Crippen LogP contribution in [-0.2, 0) is 4.79 Å². The van der Waals surface area contributed by atoms with Crippen molar-refractivity contribution in [2.45, 2.75) is 20.3 Å². The number of benzene rings is 1. The summed E-state index contributed by atoms with van der Waals surface area (Å²) in [6, 6.07) is 7.62. The summed E-state index contributed by atoms with van der Waals surface area (Å²) in [6.07, 6.45) is 0.464. The van der Waals surface area contributed by atoms with Crippen LogP contribution in [0.5, 0.6) is 5.75 Å². The van der Waals surface area contributed by atoms with Crippen molar-refractivity contribution in [1.82, 2.24) is 10.2 Å². The minimum atomic E-state index is 0.0601. The molecule has 20 heavy (non-hydrogen) atoms. The molecule has 6 heteroatoms. The fourth-order valence-corrected chi connectivity index (χ4v) is 2.72. The van der Waals surface area contributed by atoms with Crippen LogP contribution in [0.4, 0.5) is 5.13 Å². The van der Waals surface area contributed by atoms with Gasteiger partial charge in [0.25, 0.3) is 0 Å². The van der Waals surface area contributed by atoms with Crippen LogP contribution in [0.3, 0.4) is 0 Å². The number of carbonyl (C=O) groups is 1. The summed E-state index contributed by atoms with van der Waals surface area (Å²) in [5.41, 5.74) is 0.967. The predicted molar refractivity (Wildman–Crippen MR) is 80.2 cm³/mol. The number of hydrogen-bond acceptors (Lipinski definition) is 5. The van der Waals surface area contributed by atoms with Crippen LogP contribution in [-0.4, -0.2) is 29.8 Å². The maximum Gasteiger partial charge on any atom is 0.228 e. The van der Waals surface area contributed by atoms with Gasteiger partial charge in [0.05, 0.1) is 7.11 Å². The van der Waals surface area contributed by atoms with E-state index < -0.39 is 0 Å². The molecule has 106 valence electrons. The lowest BCUT2D eigenvalue weighted by molar-refractivity contribution is -0.118. The Hall–Kier alpha value is -1.95. The van der Waals surface area contributed by atoms with Crippen LogP contribution >= 0.6 is 11.3 Å². The molecule has 1 heterocycles. The van der Waals surface area contributed by atoms with Gasteiger partial charge in [-0.25, -0.2) is 0 Å². The standard InChI is InChI=1S/C14H17N3O2S/c1-4-12(18)17(5-2)14-16-15-13(20-14)10-6-8-11(19-3)9-7-10/h6-9H,4-5H2,1-3H3. The second-order valence-electron chi connectivity index (χ2n) is 4.11. The van der Waals surface area contributed by atoms with Gasteiger partial charge in [0.2, 0.25) is 11.0 Å². The number of aromatic nitrogens is 2. The molecule has 0 saturated heterocycles. The van der Waals surface area contributed by atoms with Crippen LogP contribution < -0.4 is 9.64 Å². The molecule has 0 saturated carbocycles. The lowest BCUT2D eigenvalue weighted by Gasteiger charge is -2.15. The molecule has 5 nitrogen and oxygen atoms in total. The Morgan fingerprint density at radius 3 is 2.50 bits per heavy atom. The molecule has 0 fully saturated rings. The van der Waals surface area contributed by atoms with E-state index in [1.165, 1.54) is 11.3 Å². The fourth-order valence-electron chi connectivity index (χ4n) is 1.78. The lowest BCUT2D eigenvalue weighted by Crippen LogP contribution is -2.29. The molecule has 0 aliphatic rings. The number of carbonyl (C=O) groups excluding carboxylic acids is 1. The number of methoxy groups -OCH3 is 1. The first kappa shape index (κ1) is 14.5. The Bertz CT molecular complexity index is 580. The smallest absolute Gasteiger partial charge is 0.228 e. The van der Waals surface area contributed by atoms with E-state index in [1.54, 1.807) is 12.0 Å². The summed E-state index contributed by atoms with van der Waals surface area (Å²) in [5, 5.41) is 9.72. The van der Waals surface area contributed by atoms with Crippen LogP contribution in [0, 0.1) is 0 Å². The summed E-state index contributed by atoms with van der Waals surface area (Å²) in [4.78, 5) is 13.5. The van der Waals surface area contributed by atoms with Crippen molar-refractivity contribution in [2.24, 2.45) is 0 Å². The molecule has 1 amide bonds. The lowest BCUT2D eigenvalue weighted by atomic mass is 10.2. The Morgan fingerprint density at radius 1 is 1.25 bits per heavy atom. The van der Waals surface area contributed by atoms with Gasteiger partial charge in [-0.05, 0) is 31.2 Å². The Morgan fingerprint density at radius 2 is 1.95 bits per heavy atom. The van der Waals surface area contributed by atoms with Crippen molar-refractivity contribution < 1.29 is 9.53 Å². The molecule has 0 bridgehead atoms. The van der Waals surface area contributed by atoms with Crippen molar-refractivity contribution in [3.63, 3.8) is 0 Å². The number of hydrogen-bond donors (Lipinski definition) is 0. The number of nitrogens with zero attached hydrogens (tertiary/aromatic N) is 3. The van der Waals surface area contributed by atoms with E-state index in [0.717, 1.165) is 16.3 Å². The number of ether oxygens (including phenoxy) is 1. The van der Waals surface area contributed by atoms with Crippen LogP contribution in [0.2, 0.25) is 0 Å². The Kier molecular flexibility index (Phi) is 4.68. The maximum absolute atomic E-state index is 11.8. The first-order valence-corrected chi connectivity index (χ1v) is 7.29. The molecule has 1 aromatic heterocycles. The van der Waals surface area contributed by atoms with Gasteiger partial charge < -0.3 is 4.74 Å². The average Bonchev–Trinajstić information content (AvgIpc) is 2.97. The summed E-state index contributed by atoms with van der Waals surface area (Å²) in [5.74, 6) is 0.861. The van der Waals surface area contributed by atoms with E-state index in [9.17, 15) is 4.79 Å². The van der Waals surface area contributed by atoms with E-state index in [1.807, 2.05) is 38.1 Å². The summed E-state index contributed by atoms with van der Waals surface area (Å²) < 4.78 is 5.13. The van der Waals surface area contributed by atoms with E-state index in [-0.39, 0.29) is 5.91 Å². The van der Waals surface area contributed by atoms with Crippen molar-refractivity contribution in [2.75, 3.05) is 18.6 Å². The Balaban J connectivity index is 2.25. The van der Waals surface area contributed by atoms with Gasteiger partial charge in [-0.15, -0.1) is 10.2 Å². The van der Waals surface area contributed by atoms with Crippen molar-refractivity contribution in [1.29, 1.82) is 0 Å². The van der Waals surface area contributed by atoms with Crippen LogP contribution in [0.1, 0.15) is 20.3 Å². The average molecular weight is 291 g/mol. The molecule has 1 aromatic carbocycles. The molecular formula is C14H17N3O2S.